The third kappa shape index (κ3) is 4.53. The van der Waals surface area contributed by atoms with Crippen molar-refractivity contribution in [3.63, 3.8) is 0 Å². The van der Waals surface area contributed by atoms with E-state index in [1.54, 1.807) is 0 Å². The lowest BCUT2D eigenvalue weighted by Gasteiger charge is -2.11. The average molecular weight is 288 g/mol. The van der Waals surface area contributed by atoms with Crippen LogP contribution in [0.25, 0.3) is 0 Å². The van der Waals surface area contributed by atoms with Crippen LogP contribution >= 0.6 is 0 Å². The molecule has 0 saturated carbocycles. The van der Waals surface area contributed by atoms with E-state index in [0.717, 1.165) is 25.3 Å². The molecule has 20 heavy (non-hydrogen) atoms. The Bertz CT molecular complexity index is 595. The molecule has 0 amide bonds. The minimum atomic E-state index is -5.04. The first kappa shape index (κ1) is 15.4. The molecule has 1 aromatic carbocycles. The normalized spacial score (nSPS) is 10.2. The Morgan fingerprint density at radius 3 is 2.45 bits per heavy atom. The Kier molecular flexibility index (Phi) is 4.59. The number of carbonyl (C=O) groups is 2. The summed E-state index contributed by atoms with van der Waals surface area (Å²) in [5.41, 5.74) is -0.703. The van der Waals surface area contributed by atoms with E-state index in [2.05, 4.69) is 15.4 Å². The van der Waals surface area contributed by atoms with Gasteiger partial charge in [0.1, 0.15) is 11.3 Å². The number of alkyl halides is 3. The van der Waals surface area contributed by atoms with Gasteiger partial charge in [0, 0.05) is 11.5 Å². The monoisotopic (exact) mass is 288 g/mol. The van der Waals surface area contributed by atoms with Crippen LogP contribution in [0.15, 0.2) is 18.2 Å². The van der Waals surface area contributed by atoms with Gasteiger partial charge in [-0.15, -0.1) is 13.2 Å². The maximum atomic E-state index is 12.2. The zero-order valence-corrected chi connectivity index (χ0v) is 9.95. The number of halogens is 3. The summed E-state index contributed by atoms with van der Waals surface area (Å²) in [6, 6.07) is 2.81. The fourth-order valence-corrected chi connectivity index (χ4v) is 1.16. The minimum absolute atomic E-state index is 0.0281. The van der Waals surface area contributed by atoms with Crippen LogP contribution < -0.4 is 4.74 Å². The van der Waals surface area contributed by atoms with Gasteiger partial charge < -0.3 is 14.6 Å². The van der Waals surface area contributed by atoms with E-state index in [1.165, 1.54) is 0 Å². The van der Waals surface area contributed by atoms with Gasteiger partial charge in [-0.05, 0) is 18.2 Å². The second-order valence-electron chi connectivity index (χ2n) is 3.31. The fourth-order valence-electron chi connectivity index (χ4n) is 1.16. The lowest BCUT2D eigenvalue weighted by molar-refractivity contribution is -0.274. The van der Waals surface area contributed by atoms with Gasteiger partial charge in [0.05, 0.1) is 7.11 Å². The van der Waals surface area contributed by atoms with Crippen molar-refractivity contribution >= 4 is 11.9 Å². The Morgan fingerprint density at radius 2 is 1.95 bits per heavy atom. The highest BCUT2D eigenvalue weighted by Gasteiger charge is 2.33. The number of ether oxygens (including phenoxy) is 2. The van der Waals surface area contributed by atoms with E-state index in [1.807, 2.05) is 5.92 Å². The SMILES string of the molecule is COC(=O)C#Cc1ccc(C(=O)O)c(OC(F)(F)F)c1. The summed E-state index contributed by atoms with van der Waals surface area (Å²) in [4.78, 5) is 21.5. The first-order valence-electron chi connectivity index (χ1n) is 4.96. The number of hydrogen-bond acceptors (Lipinski definition) is 4. The van der Waals surface area contributed by atoms with Gasteiger partial charge in [-0.2, -0.15) is 0 Å². The third-order valence-electron chi connectivity index (χ3n) is 1.93. The van der Waals surface area contributed by atoms with Crippen LogP contribution in [0.1, 0.15) is 15.9 Å². The van der Waals surface area contributed by atoms with E-state index in [0.29, 0.717) is 0 Å². The van der Waals surface area contributed by atoms with Gasteiger partial charge in [0.25, 0.3) is 0 Å². The van der Waals surface area contributed by atoms with Crippen LogP contribution in [0.4, 0.5) is 13.2 Å². The molecule has 0 aromatic heterocycles. The molecule has 0 radical (unpaired) electrons. The zero-order valence-electron chi connectivity index (χ0n) is 9.95. The Balaban J connectivity index is 3.19. The van der Waals surface area contributed by atoms with Gasteiger partial charge in [-0.25, -0.2) is 9.59 Å². The number of hydrogen-bond donors (Lipinski definition) is 1. The van der Waals surface area contributed by atoms with Crippen LogP contribution in [-0.4, -0.2) is 30.5 Å². The number of rotatable bonds is 2. The van der Waals surface area contributed by atoms with Gasteiger partial charge in [-0.1, -0.05) is 5.92 Å². The predicted octanol–water partition coefficient (Wildman–Crippen LogP) is 1.81. The topological polar surface area (TPSA) is 72.8 Å². The molecule has 0 spiro atoms. The first-order chi connectivity index (χ1) is 9.23. The highest BCUT2D eigenvalue weighted by molar-refractivity contribution is 5.91. The molecule has 0 aliphatic carbocycles. The molecule has 0 bridgehead atoms. The van der Waals surface area contributed by atoms with E-state index >= 15 is 0 Å². The van der Waals surface area contributed by atoms with Crippen molar-refractivity contribution in [2.75, 3.05) is 7.11 Å². The molecule has 1 rings (SSSR count). The van der Waals surface area contributed by atoms with Crippen LogP contribution in [0.5, 0.6) is 5.75 Å². The third-order valence-corrected chi connectivity index (χ3v) is 1.93. The predicted molar refractivity (Wildman–Crippen MR) is 59.0 cm³/mol. The van der Waals surface area contributed by atoms with E-state index in [9.17, 15) is 22.8 Å². The Labute approximate surface area is 110 Å². The molecule has 5 nitrogen and oxygen atoms in total. The Hall–Kier alpha value is -2.69. The van der Waals surface area contributed by atoms with Crippen molar-refractivity contribution in [2.45, 2.75) is 6.36 Å². The molecule has 1 N–H and O–H groups in total. The van der Waals surface area contributed by atoms with Crippen molar-refractivity contribution in [3.05, 3.63) is 29.3 Å². The number of benzene rings is 1. The summed E-state index contributed by atoms with van der Waals surface area (Å²) in [7, 11) is 1.09. The molecule has 0 fully saturated rings. The zero-order chi connectivity index (χ0) is 15.3. The molecule has 0 unspecified atom stereocenters. The van der Waals surface area contributed by atoms with Crippen LogP contribution in [-0.2, 0) is 9.53 Å². The molecular formula is C12H7F3O5. The number of methoxy groups -OCH3 is 1. The molecule has 106 valence electrons. The van der Waals surface area contributed by atoms with Crippen molar-refractivity contribution in [3.8, 4) is 17.6 Å². The highest BCUT2D eigenvalue weighted by atomic mass is 19.4. The maximum Gasteiger partial charge on any atom is 0.573 e. The summed E-state index contributed by atoms with van der Waals surface area (Å²) in [5.74, 6) is 0.830. The van der Waals surface area contributed by atoms with Crippen molar-refractivity contribution in [2.24, 2.45) is 0 Å². The molecule has 8 heteroatoms. The summed E-state index contributed by atoms with van der Waals surface area (Å²) < 4.78 is 44.3. The largest absolute Gasteiger partial charge is 0.573 e. The number of esters is 1. The smallest absolute Gasteiger partial charge is 0.478 e. The van der Waals surface area contributed by atoms with E-state index in [4.69, 9.17) is 5.11 Å². The number of aromatic carboxylic acids is 1. The van der Waals surface area contributed by atoms with Gasteiger partial charge in [-0.3, -0.25) is 0 Å². The molecule has 0 saturated heterocycles. The summed E-state index contributed by atoms with van der Waals surface area (Å²) in [6.07, 6.45) is -5.04. The molecule has 0 heterocycles. The van der Waals surface area contributed by atoms with E-state index in [-0.39, 0.29) is 5.56 Å². The molecular weight excluding hydrogens is 281 g/mol. The molecule has 1 aromatic rings. The highest BCUT2D eigenvalue weighted by Crippen LogP contribution is 2.27. The maximum absolute atomic E-state index is 12.2. The standard InChI is InChI=1S/C12H7F3O5/c1-19-10(16)5-3-7-2-4-8(11(17)18)9(6-7)20-12(13,14)15/h2,4,6H,1H3,(H,17,18). The average Bonchev–Trinajstić information content (AvgIpc) is 2.33. The number of carboxylic acids is 1. The summed E-state index contributed by atoms with van der Waals surface area (Å²) in [6.45, 7) is 0. The Morgan fingerprint density at radius 1 is 1.30 bits per heavy atom. The first-order valence-corrected chi connectivity index (χ1v) is 4.96. The molecule has 0 atom stereocenters. The van der Waals surface area contributed by atoms with Gasteiger partial charge in [0.15, 0.2) is 0 Å². The van der Waals surface area contributed by atoms with Crippen molar-refractivity contribution < 1.29 is 37.3 Å². The number of carboxylic acid groups (broad SMARTS) is 1. The van der Waals surface area contributed by atoms with Gasteiger partial charge in [0.2, 0.25) is 0 Å². The lowest BCUT2D eigenvalue weighted by atomic mass is 10.1. The molecule has 0 aliphatic heterocycles. The fraction of sp³-hybridized carbons (Fsp3) is 0.167. The quantitative estimate of drug-likeness (QED) is 0.663. The van der Waals surface area contributed by atoms with Gasteiger partial charge >= 0.3 is 18.3 Å². The number of carbonyl (C=O) groups excluding carboxylic acids is 1. The van der Waals surface area contributed by atoms with Crippen LogP contribution in [0.2, 0.25) is 0 Å². The minimum Gasteiger partial charge on any atom is -0.478 e. The van der Waals surface area contributed by atoms with Crippen LogP contribution in [0.3, 0.4) is 0 Å². The second kappa shape index (κ2) is 5.97. The summed E-state index contributed by atoms with van der Waals surface area (Å²) >= 11 is 0. The van der Waals surface area contributed by atoms with Crippen molar-refractivity contribution in [1.82, 2.24) is 0 Å². The van der Waals surface area contributed by atoms with Crippen molar-refractivity contribution in [1.29, 1.82) is 0 Å². The van der Waals surface area contributed by atoms with E-state index < -0.39 is 29.6 Å². The second-order valence-corrected chi connectivity index (χ2v) is 3.31. The summed E-state index contributed by atoms with van der Waals surface area (Å²) in [5, 5.41) is 8.75. The lowest BCUT2D eigenvalue weighted by Crippen LogP contribution is -2.19. The van der Waals surface area contributed by atoms with Crippen LogP contribution in [0, 0.1) is 11.8 Å². The molecule has 0 aliphatic rings.